The van der Waals surface area contributed by atoms with E-state index in [9.17, 15) is 32.7 Å². The summed E-state index contributed by atoms with van der Waals surface area (Å²) >= 11 is 6.42. The zero-order valence-corrected chi connectivity index (χ0v) is 27.2. The molecule has 2 aliphatic heterocycles. The highest BCUT2D eigenvalue weighted by Crippen LogP contribution is 2.40. The second-order valence-electron chi connectivity index (χ2n) is 12.3. The van der Waals surface area contributed by atoms with Crippen LogP contribution in [-0.2, 0) is 17.5 Å². The Balaban J connectivity index is 1.02. The summed E-state index contributed by atoms with van der Waals surface area (Å²) in [6, 6.07) is 7.27. The number of halogens is 4. The molecule has 2 fully saturated rings. The fraction of sp³-hybridized carbons (Fsp3) is 0.375. The number of piperidine rings is 1. The number of aliphatic hydroxyl groups excluding tert-OH is 1. The number of aromatic amines is 2. The molecule has 0 spiro atoms. The average Bonchev–Trinajstić information content (AvgIpc) is 3.86. The molecule has 14 nitrogen and oxygen atoms in total. The lowest BCUT2D eigenvalue weighted by atomic mass is 9.96. The van der Waals surface area contributed by atoms with Crippen LogP contribution in [0, 0.1) is 5.92 Å². The number of aliphatic hydroxyl groups is 1. The van der Waals surface area contributed by atoms with E-state index in [1.165, 1.54) is 24.4 Å². The van der Waals surface area contributed by atoms with Gasteiger partial charge in [-0.2, -0.15) is 18.3 Å². The molecule has 50 heavy (non-hydrogen) atoms. The Labute approximate surface area is 288 Å². The number of alkyl halides is 3. The van der Waals surface area contributed by atoms with Crippen LogP contribution < -0.4 is 21.7 Å². The summed E-state index contributed by atoms with van der Waals surface area (Å²) in [5.41, 5.74) is 5.24. The number of carbonyl (C=O) groups excluding carboxylic acids is 3. The first-order valence-corrected chi connectivity index (χ1v) is 16.2. The number of nitrogens with one attached hydrogen (secondary N) is 5. The Morgan fingerprint density at radius 1 is 1.06 bits per heavy atom. The SMILES string of the molecule is Nc1ccc(-c2[nH]nc(C(F)(F)F)c2-c2cnc(C(=O)NCc3ccc(C(=O)NCC4CCN(C(=O)[C@@H]5C[C@@H](O)CN5)CC4)c(Cl)c3)[nH]2)nc1. The standard InChI is InChI=1S/C32H34ClF3N10O4/c33-21-9-17(1-3-20(21)29(48)41-11-16-5-7-46(8-6-16)31(50)23-10-19(47)14-39-23)12-42-30(49)28-40-15-24(43-28)25-26(22-4-2-18(37)13-38-22)44-45-27(25)32(34,35)36/h1-4,9,13,15-16,19,23,39,47H,5-8,10-12,14,37H2,(H,40,43)(H,41,48)(H,42,49)(H,44,45)/t19-,23+/m1/s1. The van der Waals surface area contributed by atoms with Gasteiger partial charge >= 0.3 is 6.18 Å². The van der Waals surface area contributed by atoms with Crippen LogP contribution >= 0.6 is 11.6 Å². The third kappa shape index (κ3) is 7.74. The highest BCUT2D eigenvalue weighted by Gasteiger charge is 2.39. The van der Waals surface area contributed by atoms with Gasteiger partial charge in [0, 0.05) is 32.7 Å². The highest BCUT2D eigenvalue weighted by molar-refractivity contribution is 6.33. The number of nitrogen functional groups attached to an aromatic ring is 1. The smallest absolute Gasteiger partial charge is 0.397 e. The van der Waals surface area contributed by atoms with Crippen molar-refractivity contribution in [2.75, 3.05) is 31.9 Å². The quantitative estimate of drug-likeness (QED) is 0.136. The van der Waals surface area contributed by atoms with Gasteiger partial charge in [0.1, 0.15) is 0 Å². The van der Waals surface area contributed by atoms with Crippen LogP contribution in [-0.4, -0.2) is 91.2 Å². The van der Waals surface area contributed by atoms with E-state index in [4.69, 9.17) is 17.3 Å². The van der Waals surface area contributed by atoms with Gasteiger partial charge in [-0.15, -0.1) is 0 Å². The van der Waals surface area contributed by atoms with Gasteiger partial charge in [-0.1, -0.05) is 17.7 Å². The van der Waals surface area contributed by atoms with Crippen LogP contribution in [0.2, 0.25) is 5.02 Å². The molecule has 0 radical (unpaired) electrons. The molecule has 3 aromatic heterocycles. The van der Waals surface area contributed by atoms with Gasteiger partial charge in [0.2, 0.25) is 5.91 Å². The minimum Gasteiger partial charge on any atom is -0.397 e. The average molecular weight is 715 g/mol. The third-order valence-corrected chi connectivity index (χ3v) is 9.06. The molecule has 8 N–H and O–H groups in total. The van der Waals surface area contributed by atoms with E-state index >= 15 is 0 Å². The molecule has 3 amide bonds. The summed E-state index contributed by atoms with van der Waals surface area (Å²) in [4.78, 5) is 51.0. The number of H-pyrrole nitrogens is 2. The Hall–Kier alpha value is -5.00. The zero-order valence-electron chi connectivity index (χ0n) is 26.5. The number of anilines is 1. The predicted octanol–water partition coefficient (Wildman–Crippen LogP) is 2.74. The van der Waals surface area contributed by atoms with Gasteiger partial charge in [-0.25, -0.2) is 4.98 Å². The van der Waals surface area contributed by atoms with Crippen LogP contribution in [0.5, 0.6) is 0 Å². The number of nitrogens with two attached hydrogens (primary N) is 1. The topological polar surface area (TPSA) is 207 Å². The van der Waals surface area contributed by atoms with Gasteiger partial charge in [0.15, 0.2) is 11.5 Å². The summed E-state index contributed by atoms with van der Waals surface area (Å²) < 4.78 is 41.5. The summed E-state index contributed by atoms with van der Waals surface area (Å²) in [6.45, 7) is 1.98. The largest absolute Gasteiger partial charge is 0.435 e. The van der Waals surface area contributed by atoms with Crippen molar-refractivity contribution in [3.63, 3.8) is 0 Å². The maximum Gasteiger partial charge on any atom is 0.435 e. The molecule has 2 atom stereocenters. The molecular formula is C32H34ClF3N10O4. The summed E-state index contributed by atoms with van der Waals surface area (Å²) in [7, 11) is 0. The maximum atomic E-state index is 13.8. The number of benzene rings is 1. The van der Waals surface area contributed by atoms with Crippen LogP contribution in [0.4, 0.5) is 18.9 Å². The summed E-state index contributed by atoms with van der Waals surface area (Å²) in [5.74, 6) is -1.10. The fourth-order valence-electron chi connectivity index (χ4n) is 6.05. The van der Waals surface area contributed by atoms with E-state index in [1.807, 2.05) is 0 Å². The first kappa shape index (κ1) is 34.8. The number of rotatable bonds is 9. The van der Waals surface area contributed by atoms with Gasteiger partial charge in [-0.05, 0) is 55.0 Å². The number of carbonyl (C=O) groups is 3. The molecular weight excluding hydrogens is 681 g/mol. The van der Waals surface area contributed by atoms with Crippen LogP contribution in [0.3, 0.4) is 0 Å². The predicted molar refractivity (Wildman–Crippen MR) is 175 cm³/mol. The summed E-state index contributed by atoms with van der Waals surface area (Å²) in [6.07, 6.45) is -1.04. The van der Waals surface area contributed by atoms with Crippen molar-refractivity contribution in [3.05, 3.63) is 70.4 Å². The molecule has 264 valence electrons. The monoisotopic (exact) mass is 714 g/mol. The van der Waals surface area contributed by atoms with Gasteiger partial charge in [0.05, 0.1) is 63.5 Å². The van der Waals surface area contributed by atoms with Crippen molar-refractivity contribution in [3.8, 4) is 22.6 Å². The Bertz CT molecular complexity index is 1870. The minimum atomic E-state index is -4.81. The first-order valence-electron chi connectivity index (χ1n) is 15.8. The van der Waals surface area contributed by atoms with E-state index in [0.29, 0.717) is 43.9 Å². The highest BCUT2D eigenvalue weighted by atomic mass is 35.5. The van der Waals surface area contributed by atoms with Gasteiger partial charge in [0.25, 0.3) is 11.8 Å². The number of hydrogen-bond acceptors (Lipinski definition) is 9. The van der Waals surface area contributed by atoms with Crippen molar-refractivity contribution in [1.29, 1.82) is 0 Å². The lowest BCUT2D eigenvalue weighted by molar-refractivity contribution is -0.140. The lowest BCUT2D eigenvalue weighted by Gasteiger charge is -2.33. The Morgan fingerprint density at radius 2 is 1.84 bits per heavy atom. The van der Waals surface area contributed by atoms with Crippen molar-refractivity contribution in [1.82, 2.24) is 46.0 Å². The van der Waals surface area contributed by atoms with E-state index in [0.717, 1.165) is 19.0 Å². The molecule has 5 heterocycles. The number of nitrogens with zero attached hydrogens (tertiary/aromatic N) is 4. The van der Waals surface area contributed by atoms with Crippen LogP contribution in [0.15, 0.2) is 42.7 Å². The molecule has 6 rings (SSSR count). The zero-order chi connectivity index (χ0) is 35.6. The molecule has 0 unspecified atom stereocenters. The number of pyridine rings is 1. The van der Waals surface area contributed by atoms with Gasteiger partial charge < -0.3 is 36.7 Å². The third-order valence-electron chi connectivity index (χ3n) is 8.75. The number of likely N-dealkylation sites (tertiary alicyclic amines) is 1. The fourth-order valence-corrected chi connectivity index (χ4v) is 6.33. The number of imidazole rings is 1. The van der Waals surface area contributed by atoms with Crippen molar-refractivity contribution in [2.45, 2.75) is 44.1 Å². The van der Waals surface area contributed by atoms with E-state index < -0.39 is 23.9 Å². The molecule has 2 saturated heterocycles. The molecule has 0 aliphatic carbocycles. The number of β-amino-alcohol motifs (C(OH)–C–C–N with tert-alkyl or cyclic N) is 1. The lowest BCUT2D eigenvalue weighted by Crippen LogP contribution is -2.48. The van der Waals surface area contributed by atoms with Crippen LogP contribution in [0.1, 0.15) is 51.5 Å². The number of aromatic nitrogens is 5. The van der Waals surface area contributed by atoms with Crippen molar-refractivity contribution < 1.29 is 32.7 Å². The number of amides is 3. The van der Waals surface area contributed by atoms with E-state index in [2.05, 4.69) is 41.1 Å². The molecule has 4 aromatic rings. The van der Waals surface area contributed by atoms with Crippen LogP contribution in [0.25, 0.3) is 22.6 Å². The Kier molecular flexibility index (Phi) is 10.1. The summed E-state index contributed by atoms with van der Waals surface area (Å²) in [5, 5.41) is 24.3. The van der Waals surface area contributed by atoms with E-state index in [1.54, 1.807) is 17.0 Å². The molecule has 0 bridgehead atoms. The Morgan fingerprint density at radius 3 is 2.50 bits per heavy atom. The molecule has 2 aliphatic rings. The molecule has 1 aromatic carbocycles. The molecule has 18 heteroatoms. The molecule has 0 saturated carbocycles. The van der Waals surface area contributed by atoms with E-state index in [-0.39, 0.29) is 69.4 Å². The minimum absolute atomic E-state index is 0.00317. The van der Waals surface area contributed by atoms with Crippen molar-refractivity contribution in [2.24, 2.45) is 5.92 Å². The first-order chi connectivity index (χ1) is 23.9. The number of hydrogen-bond donors (Lipinski definition) is 7. The maximum absolute atomic E-state index is 13.8. The second-order valence-corrected chi connectivity index (χ2v) is 12.7. The van der Waals surface area contributed by atoms with Crippen molar-refractivity contribution >= 4 is 35.0 Å². The normalized spacial score (nSPS) is 18.3. The van der Waals surface area contributed by atoms with Gasteiger partial charge in [-0.3, -0.25) is 24.5 Å². The second kappa shape index (κ2) is 14.5.